The number of amides is 1. The van der Waals surface area contributed by atoms with Crippen LogP contribution in [0.2, 0.25) is 0 Å². The molecule has 2 unspecified atom stereocenters. The molecule has 3 N–H and O–H groups in total. The minimum Gasteiger partial charge on any atom is -0.364 e. The lowest BCUT2D eigenvalue weighted by Gasteiger charge is -2.19. The second-order valence-electron chi connectivity index (χ2n) is 5.01. The summed E-state index contributed by atoms with van der Waals surface area (Å²) >= 11 is 0. The number of carbonyl (C=O) groups excluding carboxylic acids is 1. The summed E-state index contributed by atoms with van der Waals surface area (Å²) in [6.45, 7) is 2.72. The van der Waals surface area contributed by atoms with Gasteiger partial charge in [-0.1, -0.05) is 60.7 Å². The zero-order chi connectivity index (χ0) is 15.8. The Morgan fingerprint density at radius 3 is 2.14 bits per heavy atom. The van der Waals surface area contributed by atoms with Crippen LogP contribution in [0, 0.1) is 0 Å². The van der Waals surface area contributed by atoms with E-state index in [1.807, 2.05) is 67.6 Å². The standard InChI is InChI=1S/C18H22N2O2/c1-2-22-17(15-11-7-4-8-12-15)18(21)20-13-16(19)14-9-5-3-6-10-14/h3-12,16-17H,2,13,19H2,1H3,(H,20,21). The van der Waals surface area contributed by atoms with E-state index in [4.69, 9.17) is 10.5 Å². The molecule has 0 saturated heterocycles. The van der Waals surface area contributed by atoms with E-state index < -0.39 is 6.10 Å². The van der Waals surface area contributed by atoms with E-state index in [2.05, 4.69) is 5.32 Å². The first-order valence-electron chi connectivity index (χ1n) is 7.47. The third-order valence-electron chi connectivity index (χ3n) is 3.40. The molecule has 4 nitrogen and oxygen atoms in total. The molecule has 0 aromatic heterocycles. The molecule has 0 bridgehead atoms. The maximum absolute atomic E-state index is 12.4. The number of carbonyl (C=O) groups is 1. The molecule has 4 heteroatoms. The summed E-state index contributed by atoms with van der Waals surface area (Å²) in [5.74, 6) is -0.167. The number of hydrogen-bond acceptors (Lipinski definition) is 3. The number of rotatable bonds is 7. The number of hydrogen-bond donors (Lipinski definition) is 2. The fourth-order valence-corrected chi connectivity index (χ4v) is 2.24. The molecule has 0 radical (unpaired) electrons. The van der Waals surface area contributed by atoms with Crippen molar-refractivity contribution >= 4 is 5.91 Å². The second kappa shape index (κ2) is 8.32. The van der Waals surface area contributed by atoms with Gasteiger partial charge in [0.05, 0.1) is 0 Å². The van der Waals surface area contributed by atoms with Crippen molar-refractivity contribution in [3.8, 4) is 0 Å². The lowest BCUT2D eigenvalue weighted by Crippen LogP contribution is -2.36. The van der Waals surface area contributed by atoms with Crippen LogP contribution in [-0.2, 0) is 9.53 Å². The molecule has 0 aliphatic carbocycles. The highest BCUT2D eigenvalue weighted by Gasteiger charge is 2.21. The molecule has 2 aromatic carbocycles. The number of benzene rings is 2. The largest absolute Gasteiger partial charge is 0.364 e. The quantitative estimate of drug-likeness (QED) is 0.826. The van der Waals surface area contributed by atoms with Gasteiger partial charge in [-0.05, 0) is 18.1 Å². The van der Waals surface area contributed by atoms with Crippen LogP contribution in [0.3, 0.4) is 0 Å². The maximum atomic E-state index is 12.4. The topological polar surface area (TPSA) is 64.3 Å². The Balaban J connectivity index is 1.97. The highest BCUT2D eigenvalue weighted by Crippen LogP contribution is 2.17. The highest BCUT2D eigenvalue weighted by molar-refractivity contribution is 5.82. The van der Waals surface area contributed by atoms with Crippen LogP contribution in [-0.4, -0.2) is 19.1 Å². The van der Waals surface area contributed by atoms with Gasteiger partial charge in [-0.3, -0.25) is 4.79 Å². The Morgan fingerprint density at radius 2 is 1.59 bits per heavy atom. The number of nitrogens with one attached hydrogen (secondary N) is 1. The Morgan fingerprint density at radius 1 is 1.05 bits per heavy atom. The summed E-state index contributed by atoms with van der Waals surface area (Å²) < 4.78 is 5.57. The maximum Gasteiger partial charge on any atom is 0.253 e. The molecule has 116 valence electrons. The average Bonchev–Trinajstić information content (AvgIpc) is 2.58. The molecule has 0 saturated carbocycles. The van der Waals surface area contributed by atoms with Crippen molar-refractivity contribution in [2.45, 2.75) is 19.1 Å². The highest BCUT2D eigenvalue weighted by atomic mass is 16.5. The smallest absolute Gasteiger partial charge is 0.253 e. The fraction of sp³-hybridized carbons (Fsp3) is 0.278. The van der Waals surface area contributed by atoms with Crippen molar-refractivity contribution in [2.24, 2.45) is 5.73 Å². The monoisotopic (exact) mass is 298 g/mol. The lowest BCUT2D eigenvalue weighted by atomic mass is 10.1. The van der Waals surface area contributed by atoms with Gasteiger partial charge in [0.2, 0.25) is 0 Å². The van der Waals surface area contributed by atoms with E-state index in [0.717, 1.165) is 11.1 Å². The molecule has 0 aliphatic heterocycles. The van der Waals surface area contributed by atoms with Gasteiger partial charge in [0, 0.05) is 19.2 Å². The van der Waals surface area contributed by atoms with E-state index in [1.165, 1.54) is 0 Å². The molecule has 22 heavy (non-hydrogen) atoms. The average molecular weight is 298 g/mol. The van der Waals surface area contributed by atoms with Crippen LogP contribution >= 0.6 is 0 Å². The second-order valence-corrected chi connectivity index (χ2v) is 5.01. The number of nitrogens with two attached hydrogens (primary N) is 1. The van der Waals surface area contributed by atoms with Crippen LogP contribution in [0.5, 0.6) is 0 Å². The van der Waals surface area contributed by atoms with E-state index in [-0.39, 0.29) is 11.9 Å². The predicted molar refractivity (Wildman–Crippen MR) is 87.2 cm³/mol. The van der Waals surface area contributed by atoms with Crippen molar-refractivity contribution in [3.05, 3.63) is 71.8 Å². The third-order valence-corrected chi connectivity index (χ3v) is 3.40. The Kier molecular flexibility index (Phi) is 6.13. The fourth-order valence-electron chi connectivity index (χ4n) is 2.24. The van der Waals surface area contributed by atoms with Gasteiger partial charge in [0.15, 0.2) is 6.10 Å². The van der Waals surface area contributed by atoms with Crippen LogP contribution in [0.25, 0.3) is 0 Å². The van der Waals surface area contributed by atoms with Crippen LogP contribution in [0.1, 0.15) is 30.2 Å². The van der Waals surface area contributed by atoms with Gasteiger partial charge in [-0.15, -0.1) is 0 Å². The van der Waals surface area contributed by atoms with E-state index >= 15 is 0 Å². The van der Waals surface area contributed by atoms with Gasteiger partial charge in [-0.25, -0.2) is 0 Å². The summed E-state index contributed by atoms with van der Waals surface area (Å²) in [6, 6.07) is 19.0. The van der Waals surface area contributed by atoms with E-state index in [9.17, 15) is 4.79 Å². The third kappa shape index (κ3) is 4.41. The summed E-state index contributed by atoms with van der Waals surface area (Å²) in [5.41, 5.74) is 7.94. The summed E-state index contributed by atoms with van der Waals surface area (Å²) in [7, 11) is 0. The molecule has 2 rings (SSSR count). The van der Waals surface area contributed by atoms with Crippen molar-refractivity contribution in [1.82, 2.24) is 5.32 Å². The van der Waals surface area contributed by atoms with Gasteiger partial charge in [0.25, 0.3) is 5.91 Å². The first-order chi connectivity index (χ1) is 10.7. The predicted octanol–water partition coefficient (Wildman–Crippen LogP) is 2.58. The molecule has 2 aromatic rings. The summed E-state index contributed by atoms with van der Waals surface area (Å²) in [6.07, 6.45) is -0.603. The van der Waals surface area contributed by atoms with Crippen molar-refractivity contribution in [3.63, 3.8) is 0 Å². The lowest BCUT2D eigenvalue weighted by molar-refractivity contribution is -0.133. The molecular weight excluding hydrogens is 276 g/mol. The Labute approximate surface area is 131 Å². The van der Waals surface area contributed by atoms with Gasteiger partial charge in [0.1, 0.15) is 0 Å². The molecule has 0 aliphatic rings. The summed E-state index contributed by atoms with van der Waals surface area (Å²) in [5, 5.41) is 2.88. The van der Waals surface area contributed by atoms with Gasteiger partial charge in [-0.2, -0.15) is 0 Å². The normalized spacial score (nSPS) is 13.4. The van der Waals surface area contributed by atoms with Crippen molar-refractivity contribution in [2.75, 3.05) is 13.2 Å². The zero-order valence-corrected chi connectivity index (χ0v) is 12.7. The van der Waals surface area contributed by atoms with E-state index in [0.29, 0.717) is 13.2 Å². The van der Waals surface area contributed by atoms with E-state index in [1.54, 1.807) is 0 Å². The van der Waals surface area contributed by atoms with Crippen molar-refractivity contribution in [1.29, 1.82) is 0 Å². The molecule has 0 heterocycles. The minimum absolute atomic E-state index is 0.167. The molecule has 0 spiro atoms. The first-order valence-corrected chi connectivity index (χ1v) is 7.47. The van der Waals surface area contributed by atoms with Gasteiger partial charge >= 0.3 is 0 Å². The van der Waals surface area contributed by atoms with Crippen LogP contribution in [0.4, 0.5) is 0 Å². The Hall–Kier alpha value is -2.17. The zero-order valence-electron chi connectivity index (χ0n) is 12.7. The first kappa shape index (κ1) is 16.2. The minimum atomic E-state index is -0.603. The van der Waals surface area contributed by atoms with Crippen molar-refractivity contribution < 1.29 is 9.53 Å². The molecule has 2 atom stereocenters. The number of ether oxygens (including phenoxy) is 1. The van der Waals surface area contributed by atoms with Crippen LogP contribution in [0.15, 0.2) is 60.7 Å². The molecule has 0 fully saturated rings. The summed E-state index contributed by atoms with van der Waals surface area (Å²) in [4.78, 5) is 12.4. The molecular formula is C18H22N2O2. The van der Waals surface area contributed by atoms with Gasteiger partial charge < -0.3 is 15.8 Å². The Bertz CT molecular complexity index is 572. The SMILES string of the molecule is CCOC(C(=O)NCC(N)c1ccccc1)c1ccccc1. The molecule has 1 amide bonds. The van der Waals surface area contributed by atoms with Crippen LogP contribution < -0.4 is 11.1 Å².